The third kappa shape index (κ3) is 6.94. The molecule has 0 spiro atoms. The Morgan fingerprint density at radius 3 is 1.47 bits per heavy atom. The van der Waals surface area contributed by atoms with E-state index in [9.17, 15) is 0 Å². The minimum absolute atomic E-state index is 0.120. The molecule has 0 aromatic heterocycles. The minimum atomic E-state index is -0.263. The second-order valence-electron chi connectivity index (χ2n) is 8.45. The van der Waals surface area contributed by atoms with Gasteiger partial charge in [0.1, 0.15) is 23.7 Å². The van der Waals surface area contributed by atoms with Gasteiger partial charge in [-0.05, 0) is 29.4 Å². The molecule has 180 valence electrons. The SMILES string of the molecule is CCSC1O[C@H](C)[C@H](OCc2ccccc2)[C@H](OCc2ccccc2)[C@H]1OCc1ccccc1. The van der Waals surface area contributed by atoms with Gasteiger partial charge in [0, 0.05) is 0 Å². The summed E-state index contributed by atoms with van der Waals surface area (Å²) < 4.78 is 26.0. The molecule has 3 aromatic carbocycles. The number of rotatable bonds is 11. The molecule has 34 heavy (non-hydrogen) atoms. The van der Waals surface area contributed by atoms with Crippen LogP contribution in [0.5, 0.6) is 0 Å². The molecule has 0 N–H and O–H groups in total. The number of thioether (sulfide) groups is 1. The number of ether oxygens (including phenoxy) is 4. The summed E-state index contributed by atoms with van der Waals surface area (Å²) in [5.41, 5.74) is 3.26. The second-order valence-corrected chi connectivity index (χ2v) is 9.82. The number of hydrogen-bond donors (Lipinski definition) is 0. The van der Waals surface area contributed by atoms with E-state index in [0.717, 1.165) is 22.4 Å². The lowest BCUT2D eigenvalue weighted by Gasteiger charge is -2.45. The van der Waals surface area contributed by atoms with Gasteiger partial charge in [-0.3, -0.25) is 0 Å². The Labute approximate surface area is 207 Å². The van der Waals surface area contributed by atoms with Crippen molar-refractivity contribution in [3.63, 3.8) is 0 Å². The van der Waals surface area contributed by atoms with Crippen LogP contribution in [0.1, 0.15) is 30.5 Å². The van der Waals surface area contributed by atoms with E-state index in [1.54, 1.807) is 11.8 Å². The lowest BCUT2D eigenvalue weighted by atomic mass is 9.99. The third-order valence-corrected chi connectivity index (χ3v) is 6.96. The van der Waals surface area contributed by atoms with E-state index in [1.807, 2.05) is 54.6 Å². The molecule has 0 saturated carbocycles. The van der Waals surface area contributed by atoms with E-state index < -0.39 is 0 Å². The molecule has 3 aromatic rings. The van der Waals surface area contributed by atoms with Crippen LogP contribution in [-0.2, 0) is 38.8 Å². The highest BCUT2D eigenvalue weighted by Gasteiger charge is 2.46. The predicted molar refractivity (Wildman–Crippen MR) is 138 cm³/mol. The van der Waals surface area contributed by atoms with Crippen LogP contribution in [0.15, 0.2) is 91.0 Å². The number of hydrogen-bond acceptors (Lipinski definition) is 5. The van der Waals surface area contributed by atoms with Crippen molar-refractivity contribution in [2.24, 2.45) is 0 Å². The molecule has 1 aliphatic heterocycles. The van der Waals surface area contributed by atoms with Crippen molar-refractivity contribution < 1.29 is 18.9 Å². The summed E-state index contributed by atoms with van der Waals surface area (Å²) in [5, 5.41) is 0. The predicted octanol–water partition coefficient (Wildman–Crippen LogP) is 6.24. The Kier molecular flexibility index (Phi) is 9.60. The smallest absolute Gasteiger partial charge is 0.132 e. The maximum atomic E-state index is 6.57. The highest BCUT2D eigenvalue weighted by molar-refractivity contribution is 7.99. The quantitative estimate of drug-likeness (QED) is 0.326. The topological polar surface area (TPSA) is 36.9 Å². The molecule has 0 bridgehead atoms. The first-order chi connectivity index (χ1) is 16.7. The molecule has 4 nitrogen and oxygen atoms in total. The van der Waals surface area contributed by atoms with Crippen LogP contribution in [0.4, 0.5) is 0 Å². The van der Waals surface area contributed by atoms with Crippen molar-refractivity contribution in [2.75, 3.05) is 5.75 Å². The fraction of sp³-hybridized carbons (Fsp3) is 0.379. The largest absolute Gasteiger partial charge is 0.368 e. The monoisotopic (exact) mass is 478 g/mol. The highest BCUT2D eigenvalue weighted by Crippen LogP contribution is 2.34. The lowest BCUT2D eigenvalue weighted by Crippen LogP contribution is -2.58. The van der Waals surface area contributed by atoms with Crippen molar-refractivity contribution in [1.29, 1.82) is 0 Å². The van der Waals surface area contributed by atoms with E-state index >= 15 is 0 Å². The average molecular weight is 479 g/mol. The van der Waals surface area contributed by atoms with Gasteiger partial charge in [-0.25, -0.2) is 0 Å². The molecular weight excluding hydrogens is 444 g/mol. The molecule has 1 saturated heterocycles. The number of benzene rings is 3. The zero-order valence-electron chi connectivity index (χ0n) is 19.9. The van der Waals surface area contributed by atoms with Gasteiger partial charge in [-0.15, -0.1) is 11.8 Å². The lowest BCUT2D eigenvalue weighted by molar-refractivity contribution is -0.242. The Hall–Kier alpha value is -2.15. The Morgan fingerprint density at radius 2 is 1.03 bits per heavy atom. The van der Waals surface area contributed by atoms with E-state index in [4.69, 9.17) is 18.9 Å². The molecule has 1 aliphatic rings. The standard InChI is InChI=1S/C29H34O4S/c1-3-34-29-28(32-21-25-17-11-6-12-18-25)27(31-20-24-15-9-5-10-16-24)26(22(2)33-29)30-19-23-13-7-4-8-14-23/h4-18,22,26-29H,3,19-21H2,1-2H3/t22-,26+,27+,28-,29?/m1/s1. The summed E-state index contributed by atoms with van der Waals surface area (Å²) in [6.45, 7) is 5.72. The van der Waals surface area contributed by atoms with Crippen LogP contribution in [0.25, 0.3) is 0 Å². The molecule has 5 heteroatoms. The van der Waals surface area contributed by atoms with Crippen LogP contribution in [0, 0.1) is 0 Å². The normalized spacial score (nSPS) is 24.7. The van der Waals surface area contributed by atoms with Crippen molar-refractivity contribution >= 4 is 11.8 Å². The molecule has 1 heterocycles. The average Bonchev–Trinajstić information content (AvgIpc) is 2.88. The second kappa shape index (κ2) is 13.1. The Bertz CT molecular complexity index is 954. The fourth-order valence-electron chi connectivity index (χ4n) is 4.17. The van der Waals surface area contributed by atoms with Crippen LogP contribution in [0.3, 0.4) is 0 Å². The van der Waals surface area contributed by atoms with E-state index in [-0.39, 0.29) is 29.9 Å². The molecular formula is C29H34O4S. The van der Waals surface area contributed by atoms with Crippen molar-refractivity contribution in [3.8, 4) is 0 Å². The molecule has 4 rings (SSSR count). The first kappa shape index (κ1) is 25.0. The van der Waals surface area contributed by atoms with Gasteiger partial charge in [0.15, 0.2) is 0 Å². The van der Waals surface area contributed by atoms with Crippen molar-refractivity contribution in [2.45, 2.75) is 63.5 Å². The van der Waals surface area contributed by atoms with E-state index in [2.05, 4.69) is 50.2 Å². The van der Waals surface area contributed by atoms with Crippen molar-refractivity contribution in [3.05, 3.63) is 108 Å². The highest BCUT2D eigenvalue weighted by atomic mass is 32.2. The zero-order chi connectivity index (χ0) is 23.6. The van der Waals surface area contributed by atoms with Gasteiger partial charge in [-0.2, -0.15) is 0 Å². The van der Waals surface area contributed by atoms with Gasteiger partial charge in [0.05, 0.1) is 25.9 Å². The van der Waals surface area contributed by atoms with E-state index in [1.165, 1.54) is 0 Å². The molecule has 0 amide bonds. The van der Waals surface area contributed by atoms with Crippen LogP contribution in [-0.4, -0.2) is 35.6 Å². The van der Waals surface area contributed by atoms with Crippen LogP contribution >= 0.6 is 11.8 Å². The van der Waals surface area contributed by atoms with Gasteiger partial charge >= 0.3 is 0 Å². The summed E-state index contributed by atoms with van der Waals surface area (Å²) in [4.78, 5) is 0. The fourth-order valence-corrected chi connectivity index (χ4v) is 5.17. The summed E-state index contributed by atoms with van der Waals surface area (Å²) in [6, 6.07) is 30.7. The molecule has 0 radical (unpaired) electrons. The summed E-state index contributed by atoms with van der Waals surface area (Å²) in [5.74, 6) is 0.934. The Morgan fingerprint density at radius 1 is 0.618 bits per heavy atom. The van der Waals surface area contributed by atoms with Crippen LogP contribution < -0.4 is 0 Å². The van der Waals surface area contributed by atoms with Crippen molar-refractivity contribution in [1.82, 2.24) is 0 Å². The Balaban J connectivity index is 1.55. The third-order valence-electron chi connectivity index (χ3n) is 5.91. The van der Waals surface area contributed by atoms with Gasteiger partial charge in [0.25, 0.3) is 0 Å². The zero-order valence-corrected chi connectivity index (χ0v) is 20.7. The molecule has 5 atom stereocenters. The summed E-state index contributed by atoms with van der Waals surface area (Å²) in [6.07, 6.45) is -0.894. The van der Waals surface area contributed by atoms with Gasteiger partial charge < -0.3 is 18.9 Å². The maximum absolute atomic E-state index is 6.57. The molecule has 1 fully saturated rings. The molecule has 1 unspecified atom stereocenters. The first-order valence-electron chi connectivity index (χ1n) is 12.0. The summed E-state index contributed by atoms with van der Waals surface area (Å²) >= 11 is 1.76. The molecule has 0 aliphatic carbocycles. The van der Waals surface area contributed by atoms with Crippen LogP contribution in [0.2, 0.25) is 0 Å². The summed E-state index contributed by atoms with van der Waals surface area (Å²) in [7, 11) is 0. The maximum Gasteiger partial charge on any atom is 0.132 e. The van der Waals surface area contributed by atoms with Gasteiger partial charge in [0.2, 0.25) is 0 Å². The minimum Gasteiger partial charge on any atom is -0.368 e. The van der Waals surface area contributed by atoms with E-state index in [0.29, 0.717) is 19.8 Å². The first-order valence-corrected chi connectivity index (χ1v) is 13.0. The van der Waals surface area contributed by atoms with Gasteiger partial charge in [-0.1, -0.05) is 97.9 Å².